The number of amides is 1. The van der Waals surface area contributed by atoms with E-state index in [0.29, 0.717) is 37.5 Å². The van der Waals surface area contributed by atoms with Crippen molar-refractivity contribution in [1.29, 1.82) is 0 Å². The zero-order chi connectivity index (χ0) is 19.0. The van der Waals surface area contributed by atoms with Crippen LogP contribution in [-0.2, 0) is 4.79 Å². The van der Waals surface area contributed by atoms with Gasteiger partial charge in [0.25, 0.3) is 6.01 Å². The molecule has 1 N–H and O–H groups in total. The second kappa shape index (κ2) is 6.94. The number of anilines is 2. The minimum absolute atomic E-state index is 0.361. The number of piperidine rings is 1. The molecule has 27 heavy (non-hydrogen) atoms. The lowest BCUT2D eigenvalue weighted by atomic mass is 9.96. The smallest absolute Gasteiger partial charge is 0.298 e. The van der Waals surface area contributed by atoms with E-state index in [-0.39, 0.29) is 11.6 Å². The quantitative estimate of drug-likeness (QED) is 0.701. The van der Waals surface area contributed by atoms with Gasteiger partial charge in [0.15, 0.2) is 23.0 Å². The van der Waals surface area contributed by atoms with Gasteiger partial charge in [0, 0.05) is 19.0 Å². The average molecular weight is 375 g/mol. The average Bonchev–Trinajstić information content (AvgIpc) is 3.13. The topological polar surface area (TPSA) is 58.4 Å². The summed E-state index contributed by atoms with van der Waals surface area (Å²) in [7, 11) is 0. The lowest BCUT2D eigenvalue weighted by Gasteiger charge is -2.30. The summed E-state index contributed by atoms with van der Waals surface area (Å²) in [5, 5.41) is 2.35. The second-order valence-electron chi connectivity index (χ2n) is 6.44. The molecular formula is C19H16F3N3O2. The van der Waals surface area contributed by atoms with Gasteiger partial charge in [-0.15, -0.1) is 0 Å². The van der Waals surface area contributed by atoms with Crippen molar-refractivity contribution < 1.29 is 22.4 Å². The number of fused-ring (bicyclic) bond motifs is 1. The fraction of sp³-hybridized carbons (Fsp3) is 0.263. The zero-order valence-corrected chi connectivity index (χ0v) is 14.2. The third-order valence-corrected chi connectivity index (χ3v) is 4.71. The van der Waals surface area contributed by atoms with Gasteiger partial charge in [-0.2, -0.15) is 4.98 Å². The van der Waals surface area contributed by atoms with Gasteiger partial charge < -0.3 is 14.6 Å². The summed E-state index contributed by atoms with van der Waals surface area (Å²) in [6.07, 6.45) is 1.02. The first-order valence-electron chi connectivity index (χ1n) is 8.58. The molecule has 5 nitrogen and oxygen atoms in total. The van der Waals surface area contributed by atoms with Crippen molar-refractivity contribution in [1.82, 2.24) is 4.98 Å². The predicted molar refractivity (Wildman–Crippen MR) is 93.9 cm³/mol. The molecule has 1 saturated heterocycles. The van der Waals surface area contributed by atoms with Gasteiger partial charge in [0.05, 0.1) is 5.69 Å². The molecule has 0 bridgehead atoms. The predicted octanol–water partition coefficient (Wildman–Crippen LogP) is 4.10. The van der Waals surface area contributed by atoms with Gasteiger partial charge in [-0.1, -0.05) is 12.1 Å². The highest BCUT2D eigenvalue weighted by Crippen LogP contribution is 2.27. The van der Waals surface area contributed by atoms with E-state index in [1.807, 2.05) is 29.2 Å². The highest BCUT2D eigenvalue weighted by Gasteiger charge is 2.28. The first-order chi connectivity index (χ1) is 13.0. The maximum Gasteiger partial charge on any atom is 0.298 e. The van der Waals surface area contributed by atoms with Crippen LogP contribution in [0.5, 0.6) is 0 Å². The van der Waals surface area contributed by atoms with Crippen LogP contribution < -0.4 is 10.2 Å². The molecule has 1 amide bonds. The molecule has 0 unspecified atom stereocenters. The SMILES string of the molecule is O=C(Nc1ccc(F)c(F)c1F)C1CCN(c2nc3ccccc3o2)CC1. The summed E-state index contributed by atoms with van der Waals surface area (Å²) in [6, 6.07) is 9.74. The minimum atomic E-state index is -1.60. The number of nitrogens with one attached hydrogen (secondary N) is 1. The second-order valence-corrected chi connectivity index (χ2v) is 6.44. The summed E-state index contributed by atoms with van der Waals surface area (Å²) in [5.41, 5.74) is 1.10. The third kappa shape index (κ3) is 3.34. The van der Waals surface area contributed by atoms with Crippen molar-refractivity contribution in [2.75, 3.05) is 23.3 Å². The Hall–Kier alpha value is -3.03. The maximum atomic E-state index is 13.7. The molecule has 0 saturated carbocycles. The van der Waals surface area contributed by atoms with E-state index in [2.05, 4.69) is 10.3 Å². The number of rotatable bonds is 3. The van der Waals surface area contributed by atoms with Gasteiger partial charge in [-0.05, 0) is 37.1 Å². The number of benzene rings is 2. The number of carbonyl (C=O) groups is 1. The van der Waals surface area contributed by atoms with Crippen LogP contribution in [0.25, 0.3) is 11.1 Å². The van der Waals surface area contributed by atoms with Crippen molar-refractivity contribution in [2.45, 2.75) is 12.8 Å². The highest BCUT2D eigenvalue weighted by molar-refractivity contribution is 5.92. The van der Waals surface area contributed by atoms with E-state index in [9.17, 15) is 18.0 Å². The number of para-hydroxylation sites is 2. The normalized spacial score (nSPS) is 15.3. The van der Waals surface area contributed by atoms with Crippen LogP contribution in [0, 0.1) is 23.4 Å². The van der Waals surface area contributed by atoms with Crippen LogP contribution in [0.2, 0.25) is 0 Å². The molecule has 1 fully saturated rings. The monoisotopic (exact) mass is 375 g/mol. The maximum absolute atomic E-state index is 13.7. The molecule has 1 aliphatic heterocycles. The van der Waals surface area contributed by atoms with Crippen LogP contribution in [0.15, 0.2) is 40.8 Å². The number of halogens is 3. The molecule has 4 rings (SSSR count). The lowest BCUT2D eigenvalue weighted by Crippen LogP contribution is -2.38. The van der Waals surface area contributed by atoms with Crippen LogP contribution in [-0.4, -0.2) is 24.0 Å². The van der Waals surface area contributed by atoms with Crippen molar-refractivity contribution in [3.05, 3.63) is 53.8 Å². The number of aromatic nitrogens is 1. The summed E-state index contributed by atoms with van der Waals surface area (Å²) < 4.78 is 45.7. The van der Waals surface area contributed by atoms with E-state index >= 15 is 0 Å². The first kappa shape index (κ1) is 17.4. The molecule has 0 aliphatic carbocycles. The molecule has 0 radical (unpaired) electrons. The molecule has 2 aromatic carbocycles. The number of oxazole rings is 1. The molecule has 0 spiro atoms. The Bertz CT molecular complexity index is 964. The Morgan fingerprint density at radius 1 is 1.07 bits per heavy atom. The fourth-order valence-corrected chi connectivity index (χ4v) is 3.19. The van der Waals surface area contributed by atoms with Crippen molar-refractivity contribution in [3.8, 4) is 0 Å². The standard InChI is InChI=1S/C19H16F3N3O2/c20-12-5-6-14(17(22)16(12)21)23-18(26)11-7-9-25(10-8-11)19-24-13-3-1-2-4-15(13)27-19/h1-6,11H,7-10H2,(H,23,26). The summed E-state index contributed by atoms with van der Waals surface area (Å²) >= 11 is 0. The van der Waals surface area contributed by atoms with E-state index in [1.54, 1.807) is 0 Å². The molecule has 3 aromatic rings. The van der Waals surface area contributed by atoms with Crippen LogP contribution >= 0.6 is 0 Å². The largest absolute Gasteiger partial charge is 0.423 e. The fourth-order valence-electron chi connectivity index (χ4n) is 3.19. The van der Waals surface area contributed by atoms with E-state index in [4.69, 9.17) is 4.42 Å². The molecule has 8 heteroatoms. The first-order valence-corrected chi connectivity index (χ1v) is 8.58. The van der Waals surface area contributed by atoms with E-state index in [0.717, 1.165) is 17.6 Å². The lowest BCUT2D eigenvalue weighted by molar-refractivity contribution is -0.120. The molecule has 0 atom stereocenters. The number of hydrogen-bond donors (Lipinski definition) is 1. The van der Waals surface area contributed by atoms with Gasteiger partial charge in [0.1, 0.15) is 5.52 Å². The van der Waals surface area contributed by atoms with Crippen LogP contribution in [0.4, 0.5) is 24.9 Å². The van der Waals surface area contributed by atoms with Crippen molar-refractivity contribution in [2.24, 2.45) is 5.92 Å². The molecule has 2 heterocycles. The number of hydrogen-bond acceptors (Lipinski definition) is 4. The summed E-state index contributed by atoms with van der Waals surface area (Å²) in [5.74, 6) is -5.07. The summed E-state index contributed by atoms with van der Waals surface area (Å²) in [6.45, 7) is 1.09. The zero-order valence-electron chi connectivity index (χ0n) is 14.2. The van der Waals surface area contributed by atoms with E-state index < -0.39 is 23.4 Å². The molecule has 1 aromatic heterocycles. The highest BCUT2D eigenvalue weighted by atomic mass is 19.2. The van der Waals surface area contributed by atoms with Gasteiger partial charge in [-0.3, -0.25) is 4.79 Å². The van der Waals surface area contributed by atoms with Gasteiger partial charge in [0.2, 0.25) is 5.91 Å². The van der Waals surface area contributed by atoms with Crippen molar-refractivity contribution >= 4 is 28.7 Å². The van der Waals surface area contributed by atoms with Crippen molar-refractivity contribution in [3.63, 3.8) is 0 Å². The number of nitrogens with zero attached hydrogens (tertiary/aromatic N) is 2. The Kier molecular flexibility index (Phi) is 4.47. The van der Waals surface area contributed by atoms with Gasteiger partial charge >= 0.3 is 0 Å². The molecular weight excluding hydrogens is 359 g/mol. The molecule has 1 aliphatic rings. The third-order valence-electron chi connectivity index (χ3n) is 4.71. The Labute approximate surface area is 152 Å². The molecule has 140 valence electrons. The Morgan fingerprint density at radius 2 is 1.81 bits per heavy atom. The Balaban J connectivity index is 1.40. The minimum Gasteiger partial charge on any atom is -0.423 e. The number of carbonyl (C=O) groups excluding carboxylic acids is 1. The Morgan fingerprint density at radius 3 is 2.56 bits per heavy atom. The van der Waals surface area contributed by atoms with Gasteiger partial charge in [-0.25, -0.2) is 13.2 Å². The summed E-state index contributed by atoms with van der Waals surface area (Å²) in [4.78, 5) is 18.7. The van der Waals surface area contributed by atoms with Crippen LogP contribution in [0.1, 0.15) is 12.8 Å². The van der Waals surface area contributed by atoms with E-state index in [1.165, 1.54) is 0 Å². The van der Waals surface area contributed by atoms with Crippen LogP contribution in [0.3, 0.4) is 0 Å².